The average molecular weight is 274 g/mol. The minimum Gasteiger partial charge on any atom is -0.550 e. The highest BCUT2D eigenvalue weighted by atomic mass is 16.4. The van der Waals surface area contributed by atoms with Crippen molar-refractivity contribution in [2.75, 3.05) is 5.32 Å². The van der Waals surface area contributed by atoms with E-state index in [0.29, 0.717) is 12.8 Å². The molecule has 0 bridgehead atoms. The van der Waals surface area contributed by atoms with Gasteiger partial charge in [-0.15, -0.1) is 0 Å². The highest BCUT2D eigenvalue weighted by Gasteiger charge is 2.31. The quantitative estimate of drug-likeness (QED) is 0.909. The van der Waals surface area contributed by atoms with Crippen LogP contribution in [0.4, 0.5) is 5.69 Å². The van der Waals surface area contributed by atoms with Gasteiger partial charge in [0.1, 0.15) is 0 Å². The van der Waals surface area contributed by atoms with Crippen LogP contribution < -0.4 is 10.4 Å². The molecule has 1 aliphatic rings. The predicted octanol–water partition coefficient (Wildman–Crippen LogP) is 1.74. The fourth-order valence-corrected chi connectivity index (χ4v) is 2.90. The lowest BCUT2D eigenvalue weighted by atomic mass is 9.78. The summed E-state index contributed by atoms with van der Waals surface area (Å²) in [4.78, 5) is 23.5. The Balaban J connectivity index is 2.12. The maximum Gasteiger partial charge on any atom is 0.228 e. The van der Waals surface area contributed by atoms with E-state index in [1.54, 1.807) is 0 Å². The number of carbonyl (C=O) groups is 2. The molecule has 4 heteroatoms. The van der Waals surface area contributed by atoms with E-state index in [1.165, 1.54) is 0 Å². The fraction of sp³-hybridized carbons (Fsp3) is 0.500. The number of para-hydroxylation sites is 1. The van der Waals surface area contributed by atoms with Crippen molar-refractivity contribution in [3.8, 4) is 0 Å². The Kier molecular flexibility index (Phi) is 4.77. The minimum atomic E-state index is -1.10. The SMILES string of the molecule is CCc1ccccc1NC(=O)C1CCCCC1C(=O)[O-]. The van der Waals surface area contributed by atoms with E-state index in [-0.39, 0.29) is 5.91 Å². The highest BCUT2D eigenvalue weighted by molar-refractivity contribution is 5.95. The number of carboxylic acids is 1. The van der Waals surface area contributed by atoms with Gasteiger partial charge in [-0.25, -0.2) is 0 Å². The van der Waals surface area contributed by atoms with Crippen LogP contribution in [0.15, 0.2) is 24.3 Å². The molecule has 0 saturated heterocycles. The van der Waals surface area contributed by atoms with E-state index in [1.807, 2.05) is 31.2 Å². The first kappa shape index (κ1) is 14.6. The Labute approximate surface area is 119 Å². The van der Waals surface area contributed by atoms with Gasteiger partial charge < -0.3 is 15.2 Å². The molecule has 0 aromatic heterocycles. The summed E-state index contributed by atoms with van der Waals surface area (Å²) in [6.07, 6.45) is 3.74. The number of benzene rings is 1. The third-order valence-electron chi connectivity index (χ3n) is 4.06. The first-order valence-electron chi connectivity index (χ1n) is 7.23. The number of aliphatic carboxylic acids is 1. The summed E-state index contributed by atoms with van der Waals surface area (Å²) < 4.78 is 0. The van der Waals surface area contributed by atoms with Crippen LogP contribution in [0.25, 0.3) is 0 Å². The molecule has 0 radical (unpaired) electrons. The van der Waals surface area contributed by atoms with Gasteiger partial charge in [0.15, 0.2) is 0 Å². The summed E-state index contributed by atoms with van der Waals surface area (Å²) in [5.74, 6) is -2.43. The Morgan fingerprint density at radius 2 is 1.85 bits per heavy atom. The zero-order valence-electron chi connectivity index (χ0n) is 11.7. The van der Waals surface area contributed by atoms with E-state index < -0.39 is 17.8 Å². The van der Waals surface area contributed by atoms with Crippen molar-refractivity contribution >= 4 is 17.6 Å². The maximum absolute atomic E-state index is 12.3. The van der Waals surface area contributed by atoms with Crippen molar-refractivity contribution in [2.45, 2.75) is 39.0 Å². The minimum absolute atomic E-state index is 0.195. The average Bonchev–Trinajstić information content (AvgIpc) is 2.47. The molecule has 0 heterocycles. The van der Waals surface area contributed by atoms with Crippen LogP contribution in [-0.4, -0.2) is 11.9 Å². The number of anilines is 1. The van der Waals surface area contributed by atoms with E-state index >= 15 is 0 Å². The molecule has 1 aromatic carbocycles. The lowest BCUT2D eigenvalue weighted by Gasteiger charge is -2.31. The van der Waals surface area contributed by atoms with E-state index in [4.69, 9.17) is 0 Å². The van der Waals surface area contributed by atoms with Gasteiger partial charge in [0, 0.05) is 23.5 Å². The van der Waals surface area contributed by atoms with Gasteiger partial charge in [-0.05, 0) is 30.9 Å². The Morgan fingerprint density at radius 1 is 1.20 bits per heavy atom. The molecule has 4 nitrogen and oxygen atoms in total. The van der Waals surface area contributed by atoms with Gasteiger partial charge in [0.05, 0.1) is 0 Å². The number of carboxylic acid groups (broad SMARTS) is 1. The van der Waals surface area contributed by atoms with Crippen molar-refractivity contribution in [3.63, 3.8) is 0 Å². The summed E-state index contributed by atoms with van der Waals surface area (Å²) in [6, 6.07) is 7.62. The van der Waals surface area contributed by atoms with Crippen LogP contribution in [0.5, 0.6) is 0 Å². The summed E-state index contributed by atoms with van der Waals surface area (Å²) in [5.41, 5.74) is 1.84. The van der Waals surface area contributed by atoms with Crippen molar-refractivity contribution in [2.24, 2.45) is 11.8 Å². The smallest absolute Gasteiger partial charge is 0.228 e. The van der Waals surface area contributed by atoms with Gasteiger partial charge >= 0.3 is 0 Å². The first-order valence-corrected chi connectivity index (χ1v) is 7.23. The zero-order chi connectivity index (χ0) is 14.5. The van der Waals surface area contributed by atoms with E-state index in [2.05, 4.69) is 5.32 Å². The monoisotopic (exact) mass is 274 g/mol. The summed E-state index contributed by atoms with van der Waals surface area (Å²) in [6.45, 7) is 2.02. The van der Waals surface area contributed by atoms with E-state index in [0.717, 1.165) is 30.5 Å². The van der Waals surface area contributed by atoms with Gasteiger partial charge in [-0.1, -0.05) is 38.0 Å². The number of nitrogens with one attached hydrogen (secondary N) is 1. The molecule has 108 valence electrons. The van der Waals surface area contributed by atoms with Gasteiger partial charge in [0.25, 0.3) is 0 Å². The van der Waals surface area contributed by atoms with Crippen LogP contribution in [0.1, 0.15) is 38.2 Å². The molecule has 2 atom stereocenters. The summed E-state index contributed by atoms with van der Waals surface area (Å²) in [7, 11) is 0. The van der Waals surface area contributed by atoms with Crippen molar-refractivity contribution < 1.29 is 14.7 Å². The number of carbonyl (C=O) groups excluding carboxylic acids is 2. The molecule has 20 heavy (non-hydrogen) atoms. The molecular formula is C16H20NO3-. The van der Waals surface area contributed by atoms with Crippen LogP contribution in [0.3, 0.4) is 0 Å². The second kappa shape index (κ2) is 6.55. The molecule has 1 amide bonds. The van der Waals surface area contributed by atoms with Gasteiger partial charge in [0.2, 0.25) is 5.91 Å². The lowest BCUT2D eigenvalue weighted by Crippen LogP contribution is -2.42. The molecule has 2 rings (SSSR count). The number of hydrogen-bond donors (Lipinski definition) is 1. The van der Waals surface area contributed by atoms with Crippen molar-refractivity contribution in [1.29, 1.82) is 0 Å². The normalized spacial score (nSPS) is 22.2. The fourth-order valence-electron chi connectivity index (χ4n) is 2.90. The topological polar surface area (TPSA) is 69.2 Å². The maximum atomic E-state index is 12.3. The Bertz CT molecular complexity index is 498. The van der Waals surface area contributed by atoms with Crippen LogP contribution in [0, 0.1) is 11.8 Å². The Hall–Kier alpha value is -1.84. The molecule has 0 aliphatic heterocycles. The second-order valence-electron chi connectivity index (χ2n) is 5.32. The third-order valence-corrected chi connectivity index (χ3v) is 4.06. The molecule has 0 spiro atoms. The number of aryl methyl sites for hydroxylation is 1. The first-order chi connectivity index (χ1) is 9.63. The molecule has 2 unspecified atom stereocenters. The summed E-state index contributed by atoms with van der Waals surface area (Å²) in [5, 5.41) is 14.0. The molecule has 1 fully saturated rings. The third kappa shape index (κ3) is 3.18. The van der Waals surface area contributed by atoms with Crippen molar-refractivity contribution in [1.82, 2.24) is 0 Å². The molecule has 1 saturated carbocycles. The van der Waals surface area contributed by atoms with Crippen LogP contribution in [-0.2, 0) is 16.0 Å². The van der Waals surface area contributed by atoms with Gasteiger partial charge in [-0.2, -0.15) is 0 Å². The molecular weight excluding hydrogens is 254 g/mol. The molecule has 1 aliphatic carbocycles. The zero-order valence-corrected chi connectivity index (χ0v) is 11.7. The number of hydrogen-bond acceptors (Lipinski definition) is 3. The standard InChI is InChI=1S/C16H21NO3/c1-2-11-7-3-6-10-14(11)17-15(18)12-8-4-5-9-13(12)16(19)20/h3,6-7,10,12-13H,2,4-5,8-9H2,1H3,(H,17,18)(H,19,20)/p-1. The largest absolute Gasteiger partial charge is 0.550 e. The number of amides is 1. The van der Waals surface area contributed by atoms with Crippen LogP contribution in [0.2, 0.25) is 0 Å². The second-order valence-corrected chi connectivity index (χ2v) is 5.32. The Morgan fingerprint density at radius 3 is 2.50 bits per heavy atom. The van der Waals surface area contributed by atoms with Crippen molar-refractivity contribution in [3.05, 3.63) is 29.8 Å². The van der Waals surface area contributed by atoms with E-state index in [9.17, 15) is 14.7 Å². The van der Waals surface area contributed by atoms with Crippen LogP contribution >= 0.6 is 0 Å². The predicted molar refractivity (Wildman–Crippen MR) is 74.9 cm³/mol. The highest BCUT2D eigenvalue weighted by Crippen LogP contribution is 2.31. The summed E-state index contributed by atoms with van der Waals surface area (Å²) >= 11 is 0. The molecule has 1 aromatic rings. The number of rotatable bonds is 4. The van der Waals surface area contributed by atoms with Gasteiger partial charge in [-0.3, -0.25) is 4.79 Å². The lowest BCUT2D eigenvalue weighted by molar-refractivity contribution is -0.313. The molecule has 1 N–H and O–H groups in total.